The van der Waals surface area contributed by atoms with Gasteiger partial charge >= 0.3 is 0 Å². The molecule has 13 heavy (non-hydrogen) atoms. The number of hydrogen-bond donors (Lipinski definition) is 0. The molecule has 1 aromatic rings. The van der Waals surface area contributed by atoms with Crippen LogP contribution in [0.1, 0.15) is 25.8 Å². The lowest BCUT2D eigenvalue weighted by molar-refractivity contribution is -0.115. The highest BCUT2D eigenvalue weighted by molar-refractivity contribution is 7.14. The summed E-state index contributed by atoms with van der Waals surface area (Å²) in [7, 11) is 0. The molecule has 0 bridgehead atoms. The van der Waals surface area contributed by atoms with Gasteiger partial charge in [0.05, 0.1) is 4.34 Å². The Balaban J connectivity index is 2.78. The topological polar surface area (TPSA) is 17.1 Å². The third-order valence-corrected chi connectivity index (χ3v) is 3.63. The highest BCUT2D eigenvalue weighted by atomic mass is 35.5. The largest absolute Gasteiger partial charge is 0.303 e. The lowest BCUT2D eigenvalue weighted by Gasteiger charge is -2.20. The summed E-state index contributed by atoms with van der Waals surface area (Å²) in [4.78, 5) is 10.9. The van der Waals surface area contributed by atoms with E-state index in [1.165, 1.54) is 11.3 Å². The quantitative estimate of drug-likeness (QED) is 0.704. The molecule has 1 rings (SSSR count). The van der Waals surface area contributed by atoms with E-state index < -0.39 is 0 Å². The minimum Gasteiger partial charge on any atom is -0.303 e. The summed E-state index contributed by atoms with van der Waals surface area (Å²) in [5.74, 6) is 0. The predicted molar refractivity (Wildman–Crippen MR) is 57.5 cm³/mol. The summed E-state index contributed by atoms with van der Waals surface area (Å²) in [5, 5.41) is 1.96. The minimum absolute atomic E-state index is 0.259. The van der Waals surface area contributed by atoms with E-state index >= 15 is 0 Å². The maximum atomic E-state index is 10.9. The summed E-state index contributed by atoms with van der Waals surface area (Å²) in [6.45, 7) is 3.99. The van der Waals surface area contributed by atoms with Crippen LogP contribution in [0.3, 0.4) is 0 Å². The molecule has 0 saturated heterocycles. The Hall–Kier alpha value is -0.340. The third kappa shape index (κ3) is 2.55. The van der Waals surface area contributed by atoms with Gasteiger partial charge in [-0.15, -0.1) is 11.3 Å². The van der Waals surface area contributed by atoms with Gasteiger partial charge in [-0.2, -0.15) is 0 Å². The van der Waals surface area contributed by atoms with E-state index in [1.807, 2.05) is 25.3 Å². The van der Waals surface area contributed by atoms with Gasteiger partial charge in [-0.25, -0.2) is 0 Å². The number of halogens is 1. The van der Waals surface area contributed by atoms with Crippen molar-refractivity contribution in [1.29, 1.82) is 0 Å². The second kappa shape index (κ2) is 4.25. The van der Waals surface area contributed by atoms with Crippen LogP contribution in [0.2, 0.25) is 4.34 Å². The lowest BCUT2D eigenvalue weighted by atomic mass is 9.83. The number of carbonyl (C=O) groups is 1. The molecule has 0 saturated carbocycles. The Kier molecular flexibility index (Phi) is 3.51. The van der Waals surface area contributed by atoms with Gasteiger partial charge < -0.3 is 4.79 Å². The monoisotopic (exact) mass is 216 g/mol. The van der Waals surface area contributed by atoms with E-state index in [0.717, 1.165) is 29.0 Å². The Morgan fingerprint density at radius 1 is 1.69 bits per heavy atom. The molecular weight excluding hydrogens is 204 g/mol. The Morgan fingerprint density at radius 3 is 2.77 bits per heavy atom. The first-order valence-electron chi connectivity index (χ1n) is 4.29. The van der Waals surface area contributed by atoms with Crippen LogP contribution in [-0.2, 0) is 11.2 Å². The molecule has 0 amide bonds. The van der Waals surface area contributed by atoms with Crippen LogP contribution >= 0.6 is 22.9 Å². The molecule has 1 atom stereocenters. The molecule has 0 aliphatic heterocycles. The zero-order chi connectivity index (χ0) is 9.90. The van der Waals surface area contributed by atoms with Gasteiger partial charge in [0.15, 0.2) is 0 Å². The van der Waals surface area contributed by atoms with Crippen molar-refractivity contribution in [3.8, 4) is 0 Å². The van der Waals surface area contributed by atoms with Crippen LogP contribution < -0.4 is 0 Å². The van der Waals surface area contributed by atoms with Gasteiger partial charge in [0.2, 0.25) is 0 Å². The van der Waals surface area contributed by atoms with Crippen molar-refractivity contribution in [2.45, 2.75) is 26.7 Å². The molecule has 1 nitrogen and oxygen atoms in total. The van der Waals surface area contributed by atoms with Crippen molar-refractivity contribution >= 4 is 29.2 Å². The number of rotatable bonds is 4. The van der Waals surface area contributed by atoms with Gasteiger partial charge in [-0.1, -0.05) is 25.4 Å². The second-order valence-electron chi connectivity index (χ2n) is 3.52. The van der Waals surface area contributed by atoms with Crippen molar-refractivity contribution in [3.05, 3.63) is 21.3 Å². The Bertz CT molecular complexity index is 295. The van der Waals surface area contributed by atoms with E-state index in [4.69, 9.17) is 11.6 Å². The van der Waals surface area contributed by atoms with Gasteiger partial charge in [0.25, 0.3) is 0 Å². The summed E-state index contributed by atoms with van der Waals surface area (Å²) < 4.78 is 0.807. The van der Waals surface area contributed by atoms with Crippen molar-refractivity contribution in [2.75, 3.05) is 0 Å². The molecule has 0 N–H and O–H groups in total. The fourth-order valence-electron chi connectivity index (χ4n) is 1.13. The Labute approximate surface area is 87.7 Å². The third-order valence-electron chi connectivity index (χ3n) is 2.38. The average Bonchev–Trinajstić information content (AvgIpc) is 2.52. The second-order valence-corrected chi connectivity index (χ2v) is 5.04. The molecule has 0 aromatic carbocycles. The minimum atomic E-state index is -0.259. The number of thiophene rings is 1. The molecule has 0 spiro atoms. The molecule has 1 aromatic heterocycles. The number of carbonyl (C=O) groups excluding carboxylic acids is 1. The van der Waals surface area contributed by atoms with E-state index in [2.05, 4.69) is 0 Å². The molecule has 0 aliphatic rings. The fraction of sp³-hybridized carbons (Fsp3) is 0.500. The summed E-state index contributed by atoms with van der Waals surface area (Å²) >= 11 is 7.48. The van der Waals surface area contributed by atoms with Gasteiger partial charge in [-0.05, 0) is 29.9 Å². The fourth-order valence-corrected chi connectivity index (χ4v) is 2.06. The van der Waals surface area contributed by atoms with Crippen molar-refractivity contribution < 1.29 is 4.79 Å². The van der Waals surface area contributed by atoms with Gasteiger partial charge in [-0.3, -0.25) is 0 Å². The van der Waals surface area contributed by atoms with Crippen molar-refractivity contribution in [2.24, 2.45) is 5.41 Å². The smallest absolute Gasteiger partial charge is 0.126 e. The molecule has 3 heteroatoms. The van der Waals surface area contributed by atoms with E-state index in [-0.39, 0.29) is 5.41 Å². The molecule has 0 radical (unpaired) electrons. The van der Waals surface area contributed by atoms with Gasteiger partial charge in [0, 0.05) is 5.41 Å². The zero-order valence-corrected chi connectivity index (χ0v) is 9.41. The molecule has 1 heterocycles. The number of aldehydes is 1. The first-order chi connectivity index (χ1) is 6.11. The van der Waals surface area contributed by atoms with Crippen LogP contribution in [0.4, 0.5) is 0 Å². The predicted octanol–water partition coefficient (Wildman–Crippen LogP) is 3.56. The highest BCUT2D eigenvalue weighted by Crippen LogP contribution is 2.30. The van der Waals surface area contributed by atoms with Crippen LogP contribution in [-0.4, -0.2) is 6.29 Å². The van der Waals surface area contributed by atoms with Crippen LogP contribution in [0.25, 0.3) is 0 Å². The Morgan fingerprint density at radius 2 is 2.38 bits per heavy atom. The maximum Gasteiger partial charge on any atom is 0.126 e. The zero-order valence-electron chi connectivity index (χ0n) is 7.84. The van der Waals surface area contributed by atoms with Crippen molar-refractivity contribution in [1.82, 2.24) is 0 Å². The maximum absolute atomic E-state index is 10.9. The van der Waals surface area contributed by atoms with Crippen LogP contribution in [0, 0.1) is 5.41 Å². The van der Waals surface area contributed by atoms with Crippen molar-refractivity contribution in [3.63, 3.8) is 0 Å². The highest BCUT2D eigenvalue weighted by Gasteiger charge is 2.22. The van der Waals surface area contributed by atoms with E-state index in [1.54, 1.807) is 0 Å². The number of hydrogen-bond acceptors (Lipinski definition) is 2. The first kappa shape index (κ1) is 10.7. The molecular formula is C10H13ClOS. The first-order valence-corrected chi connectivity index (χ1v) is 5.55. The lowest BCUT2D eigenvalue weighted by Crippen LogP contribution is -2.19. The molecule has 72 valence electrons. The normalized spacial score (nSPS) is 15.3. The average molecular weight is 217 g/mol. The van der Waals surface area contributed by atoms with Crippen LogP contribution in [0.5, 0.6) is 0 Å². The molecule has 0 fully saturated rings. The van der Waals surface area contributed by atoms with E-state index in [9.17, 15) is 4.79 Å². The standard InChI is InChI=1S/C10H13ClOS/c1-3-10(2,7-12)6-8-4-5-13-9(8)11/h4-5,7H,3,6H2,1-2H3. The molecule has 1 unspecified atom stereocenters. The van der Waals surface area contributed by atoms with Crippen LogP contribution in [0.15, 0.2) is 11.4 Å². The molecule has 0 aliphatic carbocycles. The SMILES string of the molecule is CCC(C)(C=O)Cc1ccsc1Cl. The summed E-state index contributed by atoms with van der Waals surface area (Å²) in [6.07, 6.45) is 2.62. The van der Waals surface area contributed by atoms with Gasteiger partial charge in [0.1, 0.15) is 6.29 Å². The summed E-state index contributed by atoms with van der Waals surface area (Å²) in [6, 6.07) is 1.99. The van der Waals surface area contributed by atoms with E-state index in [0.29, 0.717) is 0 Å². The summed E-state index contributed by atoms with van der Waals surface area (Å²) in [5.41, 5.74) is 0.827.